The Hall–Kier alpha value is -2.14. The molecule has 130 valence electrons. The average molecular weight is 401 g/mol. The van der Waals surface area contributed by atoms with Gasteiger partial charge in [0.1, 0.15) is 0 Å². The Morgan fingerprint density at radius 3 is 2.68 bits per heavy atom. The molecule has 1 atom stereocenters. The van der Waals surface area contributed by atoms with E-state index in [1.54, 1.807) is 6.07 Å². The second-order valence-electron chi connectivity index (χ2n) is 6.37. The van der Waals surface area contributed by atoms with Crippen molar-refractivity contribution in [2.75, 3.05) is 6.54 Å². The number of likely N-dealkylation sites (tertiary alicyclic amines) is 1. The van der Waals surface area contributed by atoms with Crippen LogP contribution in [0.25, 0.3) is 0 Å². The molecule has 2 aromatic carbocycles. The van der Waals surface area contributed by atoms with Crippen LogP contribution in [0.3, 0.4) is 0 Å². The normalized spacial score (nSPS) is 15.3. The Morgan fingerprint density at radius 2 is 2.00 bits per heavy atom. The van der Waals surface area contributed by atoms with Crippen molar-refractivity contribution in [3.05, 3.63) is 69.7 Å². The quantitative estimate of drug-likeness (QED) is 0.822. The minimum Gasteiger partial charge on any atom is -0.346 e. The van der Waals surface area contributed by atoms with Gasteiger partial charge in [-0.1, -0.05) is 40.2 Å². The van der Waals surface area contributed by atoms with Gasteiger partial charge in [0, 0.05) is 29.5 Å². The monoisotopic (exact) mass is 400 g/mol. The number of amides is 2. The molecule has 3 rings (SSSR count). The van der Waals surface area contributed by atoms with Crippen molar-refractivity contribution in [1.82, 2.24) is 10.2 Å². The molecule has 0 spiro atoms. The van der Waals surface area contributed by atoms with Gasteiger partial charge in [-0.25, -0.2) is 0 Å². The number of hydrogen-bond acceptors (Lipinski definition) is 2. The van der Waals surface area contributed by atoms with Crippen LogP contribution in [0.5, 0.6) is 0 Å². The zero-order chi connectivity index (χ0) is 17.8. The van der Waals surface area contributed by atoms with E-state index in [0.29, 0.717) is 18.5 Å². The predicted octanol–water partition coefficient (Wildman–Crippen LogP) is 4.06. The van der Waals surface area contributed by atoms with Crippen LogP contribution in [0, 0.1) is 0 Å². The molecule has 0 aliphatic carbocycles. The topological polar surface area (TPSA) is 49.4 Å². The van der Waals surface area contributed by atoms with Crippen LogP contribution in [0.1, 0.15) is 47.3 Å². The number of carbonyl (C=O) groups excluding carboxylic acids is 2. The maximum absolute atomic E-state index is 12.5. The summed E-state index contributed by atoms with van der Waals surface area (Å²) in [4.78, 5) is 26.2. The summed E-state index contributed by atoms with van der Waals surface area (Å²) >= 11 is 3.41. The number of halogens is 1. The predicted molar refractivity (Wildman–Crippen MR) is 101 cm³/mol. The van der Waals surface area contributed by atoms with E-state index in [0.717, 1.165) is 28.6 Å². The summed E-state index contributed by atoms with van der Waals surface area (Å²) in [5.41, 5.74) is 2.66. The fourth-order valence-electron chi connectivity index (χ4n) is 3.02. The van der Waals surface area contributed by atoms with Crippen molar-refractivity contribution in [2.45, 2.75) is 32.4 Å². The van der Waals surface area contributed by atoms with Gasteiger partial charge < -0.3 is 10.2 Å². The van der Waals surface area contributed by atoms with Gasteiger partial charge in [0.25, 0.3) is 5.91 Å². The third kappa shape index (κ3) is 4.48. The van der Waals surface area contributed by atoms with Gasteiger partial charge in [0.05, 0.1) is 6.04 Å². The second-order valence-corrected chi connectivity index (χ2v) is 7.28. The Kier molecular flexibility index (Phi) is 5.53. The lowest BCUT2D eigenvalue weighted by Gasteiger charge is -2.17. The lowest BCUT2D eigenvalue weighted by Crippen LogP contribution is -2.27. The first-order chi connectivity index (χ1) is 12.0. The van der Waals surface area contributed by atoms with Crippen LogP contribution < -0.4 is 5.32 Å². The van der Waals surface area contributed by atoms with Crippen molar-refractivity contribution in [3.63, 3.8) is 0 Å². The Morgan fingerprint density at radius 1 is 1.24 bits per heavy atom. The van der Waals surface area contributed by atoms with Crippen LogP contribution in [-0.2, 0) is 11.3 Å². The molecule has 1 fully saturated rings. The minimum absolute atomic E-state index is 0.0792. The van der Waals surface area contributed by atoms with Crippen molar-refractivity contribution in [1.29, 1.82) is 0 Å². The highest BCUT2D eigenvalue weighted by Gasteiger charge is 2.20. The first kappa shape index (κ1) is 17.7. The summed E-state index contributed by atoms with van der Waals surface area (Å²) in [5.74, 6) is 0.0868. The first-order valence-electron chi connectivity index (χ1n) is 8.46. The van der Waals surface area contributed by atoms with Gasteiger partial charge in [-0.05, 0) is 48.7 Å². The SMILES string of the molecule is C[C@@H](NC(=O)c1cccc(CN2CCCC2=O)c1)c1ccc(Br)cc1. The zero-order valence-electron chi connectivity index (χ0n) is 14.2. The zero-order valence-corrected chi connectivity index (χ0v) is 15.8. The van der Waals surface area contributed by atoms with Gasteiger partial charge >= 0.3 is 0 Å². The lowest BCUT2D eigenvalue weighted by atomic mass is 10.1. The number of nitrogens with one attached hydrogen (secondary N) is 1. The largest absolute Gasteiger partial charge is 0.346 e. The molecule has 1 heterocycles. The molecule has 0 radical (unpaired) electrons. The molecule has 0 aromatic heterocycles. The van der Waals surface area contributed by atoms with Crippen LogP contribution in [-0.4, -0.2) is 23.3 Å². The van der Waals surface area contributed by atoms with E-state index < -0.39 is 0 Å². The van der Waals surface area contributed by atoms with Crippen LogP contribution in [0.2, 0.25) is 0 Å². The summed E-state index contributed by atoms with van der Waals surface area (Å²) in [7, 11) is 0. The van der Waals surface area contributed by atoms with Crippen molar-refractivity contribution in [2.24, 2.45) is 0 Å². The average Bonchev–Trinajstić information content (AvgIpc) is 3.00. The van der Waals surface area contributed by atoms with E-state index in [4.69, 9.17) is 0 Å². The molecule has 2 amide bonds. The molecular weight excluding hydrogens is 380 g/mol. The molecule has 0 bridgehead atoms. The van der Waals surface area contributed by atoms with Crippen molar-refractivity contribution in [3.8, 4) is 0 Å². The number of carbonyl (C=O) groups is 2. The fraction of sp³-hybridized carbons (Fsp3) is 0.300. The third-order valence-electron chi connectivity index (χ3n) is 4.45. The molecule has 1 aliphatic heterocycles. The summed E-state index contributed by atoms with van der Waals surface area (Å²) < 4.78 is 1.01. The molecule has 1 saturated heterocycles. The number of hydrogen-bond donors (Lipinski definition) is 1. The molecule has 5 heteroatoms. The summed E-state index contributed by atoms with van der Waals surface area (Å²) in [6, 6.07) is 15.3. The standard InChI is InChI=1S/C20H21BrN2O2/c1-14(16-7-9-18(21)10-8-16)22-20(25)17-5-2-4-15(12-17)13-23-11-3-6-19(23)24/h2,4-5,7-10,12,14H,3,6,11,13H2,1H3,(H,22,25)/t14-/m1/s1. The minimum atomic E-state index is -0.106. The van der Waals surface area contributed by atoms with Gasteiger partial charge in [-0.2, -0.15) is 0 Å². The highest BCUT2D eigenvalue weighted by molar-refractivity contribution is 9.10. The molecule has 2 aromatic rings. The van der Waals surface area contributed by atoms with Gasteiger partial charge in [0.15, 0.2) is 0 Å². The summed E-state index contributed by atoms with van der Waals surface area (Å²) in [5, 5.41) is 3.03. The lowest BCUT2D eigenvalue weighted by molar-refractivity contribution is -0.128. The smallest absolute Gasteiger partial charge is 0.251 e. The van der Waals surface area contributed by atoms with E-state index >= 15 is 0 Å². The Balaban J connectivity index is 1.66. The molecule has 0 saturated carbocycles. The molecule has 1 aliphatic rings. The van der Waals surface area contributed by atoms with E-state index in [1.807, 2.05) is 54.3 Å². The van der Waals surface area contributed by atoms with E-state index in [-0.39, 0.29) is 17.9 Å². The second kappa shape index (κ2) is 7.83. The summed E-state index contributed by atoms with van der Waals surface area (Å²) in [6.45, 7) is 3.34. The number of nitrogens with zero attached hydrogens (tertiary/aromatic N) is 1. The molecule has 1 N–H and O–H groups in total. The summed E-state index contributed by atoms with van der Waals surface area (Å²) in [6.07, 6.45) is 1.55. The van der Waals surface area contributed by atoms with Crippen molar-refractivity contribution < 1.29 is 9.59 Å². The highest BCUT2D eigenvalue weighted by Crippen LogP contribution is 2.18. The highest BCUT2D eigenvalue weighted by atomic mass is 79.9. The molecule has 25 heavy (non-hydrogen) atoms. The van der Waals surface area contributed by atoms with Crippen LogP contribution in [0.15, 0.2) is 53.0 Å². The number of rotatable bonds is 5. The van der Waals surface area contributed by atoms with E-state index in [9.17, 15) is 9.59 Å². The van der Waals surface area contributed by atoms with Crippen LogP contribution >= 0.6 is 15.9 Å². The molecule has 0 unspecified atom stereocenters. The fourth-order valence-corrected chi connectivity index (χ4v) is 3.28. The maximum atomic E-state index is 12.5. The third-order valence-corrected chi connectivity index (χ3v) is 4.98. The number of benzene rings is 2. The first-order valence-corrected chi connectivity index (χ1v) is 9.25. The van der Waals surface area contributed by atoms with Crippen LogP contribution in [0.4, 0.5) is 0 Å². The molecule has 4 nitrogen and oxygen atoms in total. The van der Waals surface area contributed by atoms with Gasteiger partial charge in [-0.3, -0.25) is 9.59 Å². The van der Waals surface area contributed by atoms with E-state index in [1.165, 1.54) is 0 Å². The molecular formula is C20H21BrN2O2. The Bertz CT molecular complexity index is 774. The van der Waals surface area contributed by atoms with Gasteiger partial charge in [0.2, 0.25) is 5.91 Å². The maximum Gasteiger partial charge on any atom is 0.251 e. The Labute approximate surface area is 156 Å². The van der Waals surface area contributed by atoms with Gasteiger partial charge in [-0.15, -0.1) is 0 Å². The van der Waals surface area contributed by atoms with E-state index in [2.05, 4.69) is 21.2 Å². The van der Waals surface area contributed by atoms with Crippen molar-refractivity contribution >= 4 is 27.7 Å².